The van der Waals surface area contributed by atoms with Crippen LogP contribution in [0.25, 0.3) is 0 Å². The van der Waals surface area contributed by atoms with Gasteiger partial charge in [-0.1, -0.05) is 55.8 Å². The fourth-order valence-corrected chi connectivity index (χ4v) is 3.77. The van der Waals surface area contributed by atoms with E-state index in [0.717, 1.165) is 31.8 Å². The molecule has 3 nitrogen and oxygen atoms in total. The van der Waals surface area contributed by atoms with Gasteiger partial charge in [-0.25, -0.2) is 0 Å². The first-order chi connectivity index (χ1) is 10.8. The highest BCUT2D eigenvalue weighted by molar-refractivity contribution is 6.06. The smallest absolute Gasteiger partial charge is 0.138 e. The maximum absolute atomic E-state index is 4.80. The monoisotopic (exact) mass is 291 g/mol. The summed E-state index contributed by atoms with van der Waals surface area (Å²) in [6.45, 7) is 4.11. The second kappa shape index (κ2) is 5.16. The van der Waals surface area contributed by atoms with Crippen LogP contribution in [0.3, 0.4) is 0 Å². The molecule has 1 unspecified atom stereocenters. The summed E-state index contributed by atoms with van der Waals surface area (Å²) in [6.07, 6.45) is 2.18. The van der Waals surface area contributed by atoms with Gasteiger partial charge in [0, 0.05) is 17.8 Å². The number of hydrogen-bond donors (Lipinski definition) is 1. The lowest BCUT2D eigenvalue weighted by atomic mass is 9.88. The van der Waals surface area contributed by atoms with Crippen LogP contribution >= 0.6 is 0 Å². The maximum atomic E-state index is 4.80. The molecular formula is C19H21N3. The Bertz CT molecular complexity index is 708. The third kappa shape index (κ3) is 1.85. The van der Waals surface area contributed by atoms with E-state index in [-0.39, 0.29) is 5.66 Å². The average molecular weight is 291 g/mol. The van der Waals surface area contributed by atoms with Crippen LogP contribution in [-0.4, -0.2) is 23.8 Å². The molecule has 1 atom stereocenters. The molecule has 2 aromatic carbocycles. The Hall–Kier alpha value is -2.29. The predicted octanol–water partition coefficient (Wildman–Crippen LogP) is 3.83. The Morgan fingerprint density at radius 3 is 2.68 bits per heavy atom. The Balaban J connectivity index is 1.91. The molecule has 0 saturated heterocycles. The van der Waals surface area contributed by atoms with Crippen LogP contribution in [0.15, 0.2) is 59.6 Å². The van der Waals surface area contributed by atoms with Gasteiger partial charge in [0.2, 0.25) is 0 Å². The Labute approximate surface area is 131 Å². The van der Waals surface area contributed by atoms with Crippen LogP contribution < -0.4 is 5.32 Å². The highest BCUT2D eigenvalue weighted by atomic mass is 15.4. The summed E-state index contributed by atoms with van der Waals surface area (Å²) < 4.78 is 0. The standard InChI is InChI=1S/C19H21N3/c1-2-12-19(15-8-4-3-5-9-15)21-17-11-7-6-10-16(17)18-20-13-14-22(18)19/h3-11,21H,2,12-14H2,1H3. The van der Waals surface area contributed by atoms with Crippen molar-refractivity contribution in [3.8, 4) is 0 Å². The van der Waals surface area contributed by atoms with Crippen molar-refractivity contribution >= 4 is 11.5 Å². The van der Waals surface area contributed by atoms with Crippen molar-refractivity contribution in [3.63, 3.8) is 0 Å². The summed E-state index contributed by atoms with van der Waals surface area (Å²) in [4.78, 5) is 7.27. The molecule has 2 aliphatic rings. The van der Waals surface area contributed by atoms with Gasteiger partial charge in [-0.3, -0.25) is 4.99 Å². The Morgan fingerprint density at radius 2 is 1.86 bits per heavy atom. The number of amidine groups is 1. The van der Waals surface area contributed by atoms with Crippen molar-refractivity contribution in [2.45, 2.75) is 25.4 Å². The van der Waals surface area contributed by atoms with Gasteiger partial charge in [-0.2, -0.15) is 0 Å². The minimum atomic E-state index is -0.181. The van der Waals surface area contributed by atoms with Gasteiger partial charge < -0.3 is 10.2 Å². The maximum Gasteiger partial charge on any atom is 0.138 e. The quantitative estimate of drug-likeness (QED) is 0.930. The van der Waals surface area contributed by atoms with E-state index >= 15 is 0 Å². The third-order valence-electron chi connectivity index (χ3n) is 4.67. The van der Waals surface area contributed by atoms with Crippen LogP contribution in [0.5, 0.6) is 0 Å². The molecule has 2 aromatic rings. The summed E-state index contributed by atoms with van der Waals surface area (Å²) in [5.41, 5.74) is 3.56. The fraction of sp³-hybridized carbons (Fsp3) is 0.316. The zero-order valence-corrected chi connectivity index (χ0v) is 12.9. The number of nitrogens with zero attached hydrogens (tertiary/aromatic N) is 2. The van der Waals surface area contributed by atoms with E-state index in [2.05, 4.69) is 71.7 Å². The molecule has 2 heterocycles. The van der Waals surface area contributed by atoms with Crippen molar-refractivity contribution in [2.24, 2.45) is 4.99 Å². The summed E-state index contributed by atoms with van der Waals surface area (Å²) >= 11 is 0. The van der Waals surface area contributed by atoms with Gasteiger partial charge >= 0.3 is 0 Å². The first-order valence-electron chi connectivity index (χ1n) is 8.10. The van der Waals surface area contributed by atoms with Crippen molar-refractivity contribution in [1.29, 1.82) is 0 Å². The van der Waals surface area contributed by atoms with Crippen LogP contribution in [0.4, 0.5) is 5.69 Å². The molecule has 0 bridgehead atoms. The molecule has 0 fully saturated rings. The van der Waals surface area contributed by atoms with Gasteiger partial charge in [0.1, 0.15) is 11.5 Å². The second-order valence-electron chi connectivity index (χ2n) is 6.00. The minimum absolute atomic E-state index is 0.181. The second-order valence-corrected chi connectivity index (χ2v) is 6.00. The Kier molecular flexibility index (Phi) is 3.14. The highest BCUT2D eigenvalue weighted by Gasteiger charge is 2.45. The number of para-hydroxylation sites is 1. The average Bonchev–Trinajstić information content (AvgIpc) is 3.07. The predicted molar refractivity (Wildman–Crippen MR) is 91.2 cm³/mol. The van der Waals surface area contributed by atoms with Crippen molar-refractivity contribution in [1.82, 2.24) is 4.90 Å². The Morgan fingerprint density at radius 1 is 1.09 bits per heavy atom. The molecule has 0 amide bonds. The molecular weight excluding hydrogens is 270 g/mol. The molecule has 22 heavy (non-hydrogen) atoms. The lowest BCUT2D eigenvalue weighted by Gasteiger charge is -2.49. The molecule has 2 aliphatic heterocycles. The van der Waals surface area contributed by atoms with Gasteiger partial charge in [0.15, 0.2) is 0 Å². The summed E-state index contributed by atoms with van der Waals surface area (Å²) in [5, 5.41) is 3.84. The van der Waals surface area contributed by atoms with E-state index in [9.17, 15) is 0 Å². The summed E-state index contributed by atoms with van der Waals surface area (Å²) in [6, 6.07) is 19.3. The molecule has 3 heteroatoms. The molecule has 112 valence electrons. The van der Waals surface area contributed by atoms with Crippen molar-refractivity contribution in [2.75, 3.05) is 18.4 Å². The van der Waals surface area contributed by atoms with Crippen molar-refractivity contribution < 1.29 is 0 Å². The fourth-order valence-electron chi connectivity index (χ4n) is 3.77. The first-order valence-corrected chi connectivity index (χ1v) is 8.10. The molecule has 1 N–H and O–H groups in total. The number of benzene rings is 2. The zero-order chi connectivity index (χ0) is 15.0. The number of rotatable bonds is 3. The SMILES string of the molecule is CCCC1(c2ccccc2)Nc2ccccc2C2=NCCN21. The van der Waals surface area contributed by atoms with Crippen LogP contribution in [0.1, 0.15) is 30.9 Å². The number of aliphatic imine (C=N–C) groups is 1. The molecule has 0 aliphatic carbocycles. The molecule has 0 saturated carbocycles. The van der Waals surface area contributed by atoms with Gasteiger partial charge in [0.25, 0.3) is 0 Å². The molecule has 4 rings (SSSR count). The van der Waals surface area contributed by atoms with E-state index in [1.165, 1.54) is 16.8 Å². The first kappa shape index (κ1) is 13.4. The molecule has 0 radical (unpaired) electrons. The number of anilines is 1. The number of fused-ring (bicyclic) bond motifs is 3. The van der Waals surface area contributed by atoms with Crippen molar-refractivity contribution in [3.05, 3.63) is 65.7 Å². The van der Waals surface area contributed by atoms with E-state index < -0.39 is 0 Å². The lowest BCUT2D eigenvalue weighted by molar-refractivity contribution is 0.200. The van der Waals surface area contributed by atoms with E-state index in [1.54, 1.807) is 0 Å². The van der Waals surface area contributed by atoms with E-state index in [0.29, 0.717) is 0 Å². The van der Waals surface area contributed by atoms with Gasteiger partial charge in [-0.05, 0) is 24.1 Å². The summed E-state index contributed by atoms with van der Waals surface area (Å²) in [7, 11) is 0. The van der Waals surface area contributed by atoms with Gasteiger partial charge in [-0.15, -0.1) is 0 Å². The molecule has 0 aromatic heterocycles. The number of nitrogens with one attached hydrogen (secondary N) is 1. The van der Waals surface area contributed by atoms with Gasteiger partial charge in [0.05, 0.1) is 6.54 Å². The van der Waals surface area contributed by atoms with E-state index in [4.69, 9.17) is 4.99 Å². The lowest BCUT2D eigenvalue weighted by Crippen LogP contribution is -2.56. The normalized spacial score (nSPS) is 22.6. The zero-order valence-electron chi connectivity index (χ0n) is 12.9. The topological polar surface area (TPSA) is 27.6 Å². The van der Waals surface area contributed by atoms with Crippen LogP contribution in [0.2, 0.25) is 0 Å². The highest BCUT2D eigenvalue weighted by Crippen LogP contribution is 2.42. The van der Waals surface area contributed by atoms with E-state index in [1.807, 2.05) is 0 Å². The summed E-state index contributed by atoms with van der Waals surface area (Å²) in [5.74, 6) is 1.15. The largest absolute Gasteiger partial charge is 0.358 e. The van der Waals surface area contributed by atoms with Crippen LogP contribution in [0, 0.1) is 0 Å². The molecule has 0 spiro atoms. The van der Waals surface area contributed by atoms with Crippen LogP contribution in [-0.2, 0) is 5.66 Å². The number of hydrogen-bond acceptors (Lipinski definition) is 3. The third-order valence-corrected chi connectivity index (χ3v) is 4.67. The minimum Gasteiger partial charge on any atom is -0.358 e.